The molecule has 0 unspecified atom stereocenters. The second kappa shape index (κ2) is 5.71. The third-order valence-corrected chi connectivity index (χ3v) is 3.86. The number of hydrogen-bond donors (Lipinski definition) is 1. The lowest BCUT2D eigenvalue weighted by Gasteiger charge is -2.01. The fourth-order valence-corrected chi connectivity index (χ4v) is 2.51. The van der Waals surface area contributed by atoms with E-state index in [4.69, 9.17) is 21.1 Å². The maximum absolute atomic E-state index is 12.8. The van der Waals surface area contributed by atoms with Gasteiger partial charge in [0, 0.05) is 11.6 Å². The van der Waals surface area contributed by atoms with Crippen LogP contribution in [0.25, 0.3) is 0 Å². The number of nitrogens with one attached hydrogen (secondary N) is 1. The van der Waals surface area contributed by atoms with Gasteiger partial charge in [-0.05, 0) is 18.2 Å². The molecule has 0 saturated carbocycles. The second-order valence-corrected chi connectivity index (χ2v) is 5.47. The molecule has 0 atom stereocenters. The molecule has 0 fully saturated rings. The van der Waals surface area contributed by atoms with Crippen LogP contribution in [0.3, 0.4) is 0 Å². The molecule has 5 nitrogen and oxygen atoms in total. The minimum atomic E-state index is -0.489. The first kappa shape index (κ1) is 13.8. The van der Waals surface area contributed by atoms with Crippen LogP contribution in [0.2, 0.25) is 5.02 Å². The zero-order valence-electron chi connectivity index (χ0n) is 10.4. The van der Waals surface area contributed by atoms with E-state index in [1.54, 1.807) is 12.1 Å². The smallest absolute Gasteiger partial charge is 0.281 e. The largest absolute Gasteiger partial charge is 0.454 e. The van der Waals surface area contributed by atoms with Crippen LogP contribution in [-0.4, -0.2) is 18.9 Å². The lowest BCUT2D eigenvalue weighted by molar-refractivity contribution is 0.0959. The molecule has 2 aromatic rings. The number of hydrogen-bond acceptors (Lipinski definition) is 5. The molecule has 1 aromatic heterocycles. The number of hydrazone groups is 1. The van der Waals surface area contributed by atoms with Gasteiger partial charge in [-0.15, -0.1) is 11.3 Å². The topological polar surface area (TPSA) is 59.9 Å². The van der Waals surface area contributed by atoms with E-state index in [-0.39, 0.29) is 11.7 Å². The Morgan fingerprint density at radius 3 is 2.86 bits per heavy atom. The van der Waals surface area contributed by atoms with Crippen molar-refractivity contribution in [2.45, 2.75) is 0 Å². The van der Waals surface area contributed by atoms with E-state index < -0.39 is 11.0 Å². The van der Waals surface area contributed by atoms with Gasteiger partial charge in [0.1, 0.15) is 0 Å². The molecule has 0 bridgehead atoms. The predicted octanol–water partition coefficient (Wildman–Crippen LogP) is 3.03. The first-order valence-corrected chi connectivity index (χ1v) is 7.01. The molecule has 1 aliphatic rings. The molecule has 0 aliphatic carbocycles. The molecule has 0 saturated heterocycles. The molecule has 2 heterocycles. The summed E-state index contributed by atoms with van der Waals surface area (Å²) in [5.74, 6) is 0.639. The summed E-state index contributed by atoms with van der Waals surface area (Å²) in [6, 6.07) is 5.88. The van der Waals surface area contributed by atoms with Crippen LogP contribution >= 0.6 is 22.9 Å². The van der Waals surface area contributed by atoms with Crippen molar-refractivity contribution in [1.29, 1.82) is 0 Å². The van der Waals surface area contributed by atoms with Crippen molar-refractivity contribution in [2.75, 3.05) is 6.79 Å². The van der Waals surface area contributed by atoms with Crippen molar-refractivity contribution in [1.82, 2.24) is 5.43 Å². The number of benzene rings is 1. The van der Waals surface area contributed by atoms with Gasteiger partial charge in [0.2, 0.25) is 6.79 Å². The van der Waals surface area contributed by atoms with Gasteiger partial charge < -0.3 is 9.47 Å². The molecule has 1 aromatic carbocycles. The first-order chi connectivity index (χ1) is 10.1. The van der Waals surface area contributed by atoms with Gasteiger partial charge in [0.25, 0.3) is 5.91 Å². The number of thiophene rings is 1. The Kier molecular flexibility index (Phi) is 3.76. The standard InChI is InChI=1S/C13H8ClFN2O3S/c14-8-4-10-9(19-6-20-10)3-7(8)5-16-17-13(18)11-1-2-12(15)21-11/h1-5H,6H2,(H,17,18)/b16-5+. The van der Waals surface area contributed by atoms with Gasteiger partial charge in [-0.2, -0.15) is 9.49 Å². The highest BCUT2D eigenvalue weighted by atomic mass is 35.5. The number of carbonyl (C=O) groups excluding carboxylic acids is 1. The van der Waals surface area contributed by atoms with Crippen molar-refractivity contribution in [3.05, 3.63) is 44.9 Å². The van der Waals surface area contributed by atoms with Gasteiger partial charge in [0.05, 0.1) is 16.1 Å². The Labute approximate surface area is 127 Å². The maximum Gasteiger partial charge on any atom is 0.281 e. The average molecular weight is 327 g/mol. The van der Waals surface area contributed by atoms with E-state index in [1.807, 2.05) is 0 Å². The van der Waals surface area contributed by atoms with Crippen LogP contribution in [0.4, 0.5) is 4.39 Å². The molecule has 3 rings (SSSR count). The quantitative estimate of drug-likeness (QED) is 0.696. The van der Waals surface area contributed by atoms with Gasteiger partial charge in [-0.1, -0.05) is 11.6 Å². The Morgan fingerprint density at radius 1 is 1.38 bits per heavy atom. The molecule has 1 N–H and O–H groups in total. The summed E-state index contributed by atoms with van der Waals surface area (Å²) in [6.07, 6.45) is 1.38. The number of nitrogens with zero attached hydrogens (tertiary/aromatic N) is 1. The van der Waals surface area contributed by atoms with Crippen molar-refractivity contribution in [2.24, 2.45) is 5.10 Å². The maximum atomic E-state index is 12.8. The third kappa shape index (κ3) is 2.98. The summed E-state index contributed by atoms with van der Waals surface area (Å²) in [7, 11) is 0. The molecule has 0 spiro atoms. The molecule has 0 radical (unpaired) electrons. The van der Waals surface area contributed by atoms with Gasteiger partial charge in [0.15, 0.2) is 16.6 Å². The Bertz CT molecular complexity index is 732. The Balaban J connectivity index is 1.70. The minimum absolute atomic E-state index is 0.146. The summed E-state index contributed by atoms with van der Waals surface area (Å²) in [5, 5.41) is 3.78. The molecule has 1 amide bonds. The van der Waals surface area contributed by atoms with Crippen LogP contribution < -0.4 is 14.9 Å². The third-order valence-electron chi connectivity index (χ3n) is 2.66. The van der Waals surface area contributed by atoms with Crippen LogP contribution in [0, 0.1) is 5.13 Å². The van der Waals surface area contributed by atoms with E-state index in [0.717, 1.165) is 11.3 Å². The van der Waals surface area contributed by atoms with E-state index in [9.17, 15) is 9.18 Å². The summed E-state index contributed by atoms with van der Waals surface area (Å²) >= 11 is 6.80. The zero-order chi connectivity index (χ0) is 14.8. The van der Waals surface area contributed by atoms with E-state index in [2.05, 4.69) is 10.5 Å². The highest BCUT2D eigenvalue weighted by molar-refractivity contribution is 7.12. The van der Waals surface area contributed by atoms with Crippen molar-refractivity contribution in [3.63, 3.8) is 0 Å². The molecule has 21 heavy (non-hydrogen) atoms. The predicted molar refractivity (Wildman–Crippen MR) is 76.9 cm³/mol. The molecule has 1 aliphatic heterocycles. The number of fused-ring (bicyclic) bond motifs is 1. The number of rotatable bonds is 3. The van der Waals surface area contributed by atoms with E-state index in [1.165, 1.54) is 18.3 Å². The van der Waals surface area contributed by atoms with Gasteiger partial charge >= 0.3 is 0 Å². The summed E-state index contributed by atoms with van der Waals surface area (Å²) in [4.78, 5) is 11.9. The molecule has 108 valence electrons. The number of carbonyl (C=O) groups is 1. The molecule has 8 heteroatoms. The van der Waals surface area contributed by atoms with Crippen molar-refractivity contribution in [3.8, 4) is 11.5 Å². The highest BCUT2D eigenvalue weighted by Gasteiger charge is 2.15. The Morgan fingerprint density at radius 2 is 2.14 bits per heavy atom. The Hall–Kier alpha value is -2.12. The average Bonchev–Trinajstić information content (AvgIpc) is 3.07. The zero-order valence-corrected chi connectivity index (χ0v) is 12.0. The number of halogens is 2. The van der Waals surface area contributed by atoms with Gasteiger partial charge in [-0.3, -0.25) is 4.79 Å². The molecular weight excluding hydrogens is 319 g/mol. The summed E-state index contributed by atoms with van der Waals surface area (Å²) in [5.41, 5.74) is 2.87. The van der Waals surface area contributed by atoms with Crippen LogP contribution in [-0.2, 0) is 0 Å². The van der Waals surface area contributed by atoms with Crippen molar-refractivity contribution >= 4 is 35.1 Å². The fraction of sp³-hybridized carbons (Fsp3) is 0.0769. The SMILES string of the molecule is O=C(N/N=C/c1cc2c(cc1Cl)OCO2)c1ccc(F)s1. The van der Waals surface area contributed by atoms with Crippen LogP contribution in [0.1, 0.15) is 15.2 Å². The minimum Gasteiger partial charge on any atom is -0.454 e. The van der Waals surface area contributed by atoms with Crippen LogP contribution in [0.5, 0.6) is 11.5 Å². The van der Waals surface area contributed by atoms with Crippen molar-refractivity contribution < 1.29 is 18.7 Å². The molecular formula is C13H8ClFN2O3S. The normalized spacial score (nSPS) is 12.9. The van der Waals surface area contributed by atoms with E-state index >= 15 is 0 Å². The monoisotopic (exact) mass is 326 g/mol. The fourth-order valence-electron chi connectivity index (χ4n) is 1.68. The number of ether oxygens (including phenoxy) is 2. The lowest BCUT2D eigenvalue weighted by Crippen LogP contribution is -2.16. The van der Waals surface area contributed by atoms with E-state index in [0.29, 0.717) is 22.1 Å². The first-order valence-electron chi connectivity index (χ1n) is 5.81. The highest BCUT2D eigenvalue weighted by Crippen LogP contribution is 2.36. The van der Waals surface area contributed by atoms with Crippen LogP contribution in [0.15, 0.2) is 29.4 Å². The van der Waals surface area contributed by atoms with Gasteiger partial charge in [-0.25, -0.2) is 5.43 Å². The number of amides is 1. The summed E-state index contributed by atoms with van der Waals surface area (Å²) in [6.45, 7) is 0.146. The second-order valence-electron chi connectivity index (χ2n) is 4.03. The lowest BCUT2D eigenvalue weighted by atomic mass is 10.2. The summed E-state index contributed by atoms with van der Waals surface area (Å²) < 4.78 is 23.2.